The molecule has 0 unspecified atom stereocenters. The zero-order valence-electron chi connectivity index (χ0n) is 16.7. The Labute approximate surface area is 166 Å². The fourth-order valence-electron chi connectivity index (χ4n) is 2.72. The maximum Gasteiger partial charge on any atom is 0.311 e. The third kappa shape index (κ3) is 10.6. The number of unbranched alkanes of at least 4 members (excludes halogenated alkanes) is 7. The Hall–Kier alpha value is -2.44. The molecule has 1 aromatic rings. The molecule has 0 aliphatic rings. The first kappa shape index (κ1) is 23.6. The van der Waals surface area contributed by atoms with Gasteiger partial charge in [-0.3, -0.25) is 19.7 Å². The molecule has 0 aliphatic heterocycles. The van der Waals surface area contributed by atoms with Crippen LogP contribution in [0.4, 0.5) is 5.69 Å². The van der Waals surface area contributed by atoms with Crippen LogP contribution in [0.2, 0.25) is 0 Å². The van der Waals surface area contributed by atoms with Crippen molar-refractivity contribution in [1.82, 2.24) is 0 Å². The molecule has 1 rings (SSSR count). The van der Waals surface area contributed by atoms with Gasteiger partial charge in [0.15, 0.2) is 0 Å². The second kappa shape index (κ2) is 14.6. The molecule has 0 aromatic heterocycles. The van der Waals surface area contributed by atoms with E-state index in [0.717, 1.165) is 12.8 Å². The molecule has 28 heavy (non-hydrogen) atoms. The summed E-state index contributed by atoms with van der Waals surface area (Å²) in [7, 11) is 0. The number of carbonyl (C=O) groups is 2. The maximum absolute atomic E-state index is 11.8. The highest BCUT2D eigenvalue weighted by atomic mass is 16.6. The number of ether oxygens (including phenoxy) is 2. The lowest BCUT2D eigenvalue weighted by Gasteiger charge is -2.06. The van der Waals surface area contributed by atoms with Crippen LogP contribution in [0.15, 0.2) is 24.3 Å². The van der Waals surface area contributed by atoms with Crippen molar-refractivity contribution < 1.29 is 24.0 Å². The smallest absolute Gasteiger partial charge is 0.311 e. The van der Waals surface area contributed by atoms with E-state index in [-0.39, 0.29) is 23.8 Å². The number of carbonyl (C=O) groups excluding carboxylic acids is 2. The monoisotopic (exact) mass is 393 g/mol. The topological polar surface area (TPSA) is 95.7 Å². The van der Waals surface area contributed by atoms with Gasteiger partial charge in [0.1, 0.15) is 0 Å². The van der Waals surface area contributed by atoms with Crippen LogP contribution in [0, 0.1) is 10.1 Å². The van der Waals surface area contributed by atoms with E-state index in [4.69, 9.17) is 9.47 Å². The molecule has 0 radical (unpaired) electrons. The van der Waals surface area contributed by atoms with E-state index in [0.29, 0.717) is 32.3 Å². The van der Waals surface area contributed by atoms with Gasteiger partial charge in [-0.25, -0.2) is 0 Å². The van der Waals surface area contributed by atoms with Gasteiger partial charge in [0.2, 0.25) is 5.75 Å². The number of rotatable bonds is 15. The maximum atomic E-state index is 11.8. The normalized spacial score (nSPS) is 10.5. The Bertz CT molecular complexity index is 617. The predicted octanol–water partition coefficient (Wildman–Crippen LogP) is 5.35. The molecule has 0 spiro atoms. The van der Waals surface area contributed by atoms with Crippen molar-refractivity contribution >= 4 is 17.6 Å². The Morgan fingerprint density at radius 2 is 1.50 bits per heavy atom. The fourth-order valence-corrected chi connectivity index (χ4v) is 2.72. The van der Waals surface area contributed by atoms with Gasteiger partial charge in [-0.05, 0) is 25.3 Å². The van der Waals surface area contributed by atoms with Gasteiger partial charge in [0.25, 0.3) is 0 Å². The van der Waals surface area contributed by atoms with Crippen molar-refractivity contribution in [3.05, 3.63) is 34.4 Å². The van der Waals surface area contributed by atoms with Crippen molar-refractivity contribution in [3.8, 4) is 5.75 Å². The van der Waals surface area contributed by atoms with Crippen LogP contribution in [-0.4, -0.2) is 23.5 Å². The molecule has 156 valence electrons. The van der Waals surface area contributed by atoms with Crippen molar-refractivity contribution in [2.75, 3.05) is 6.61 Å². The number of para-hydroxylation sites is 2. The number of hydrogen-bond acceptors (Lipinski definition) is 6. The molecule has 0 saturated heterocycles. The summed E-state index contributed by atoms with van der Waals surface area (Å²) >= 11 is 0. The van der Waals surface area contributed by atoms with E-state index in [2.05, 4.69) is 6.92 Å². The molecule has 7 nitrogen and oxygen atoms in total. The van der Waals surface area contributed by atoms with Crippen LogP contribution in [-0.2, 0) is 14.3 Å². The lowest BCUT2D eigenvalue weighted by atomic mass is 10.1. The van der Waals surface area contributed by atoms with Crippen molar-refractivity contribution in [3.63, 3.8) is 0 Å². The Kier molecular flexibility index (Phi) is 12.3. The number of esters is 2. The number of nitrogens with zero attached hydrogens (tertiary/aromatic N) is 1. The van der Waals surface area contributed by atoms with Crippen molar-refractivity contribution in [1.29, 1.82) is 0 Å². The van der Waals surface area contributed by atoms with Gasteiger partial charge >= 0.3 is 17.6 Å². The van der Waals surface area contributed by atoms with Gasteiger partial charge in [0, 0.05) is 18.9 Å². The van der Waals surface area contributed by atoms with Crippen molar-refractivity contribution in [2.24, 2.45) is 0 Å². The number of hydrogen-bond donors (Lipinski definition) is 0. The van der Waals surface area contributed by atoms with Gasteiger partial charge in [-0.1, -0.05) is 57.6 Å². The molecular formula is C21H31NO6. The third-order valence-electron chi connectivity index (χ3n) is 4.31. The molecule has 0 bridgehead atoms. The molecule has 0 aliphatic carbocycles. The molecule has 0 amide bonds. The first-order chi connectivity index (χ1) is 13.5. The average Bonchev–Trinajstić information content (AvgIpc) is 2.67. The summed E-state index contributed by atoms with van der Waals surface area (Å²) < 4.78 is 10.3. The summed E-state index contributed by atoms with van der Waals surface area (Å²) in [4.78, 5) is 33.8. The lowest BCUT2D eigenvalue weighted by Crippen LogP contribution is -2.09. The van der Waals surface area contributed by atoms with Crippen LogP contribution in [0.1, 0.15) is 77.6 Å². The summed E-state index contributed by atoms with van der Waals surface area (Å²) in [5.74, 6) is -0.758. The number of nitro benzene ring substituents is 1. The van der Waals surface area contributed by atoms with E-state index in [1.165, 1.54) is 43.9 Å². The molecule has 0 N–H and O–H groups in total. The highest BCUT2D eigenvalue weighted by molar-refractivity contribution is 5.73. The second-order valence-electron chi connectivity index (χ2n) is 6.75. The van der Waals surface area contributed by atoms with Crippen LogP contribution in [0.5, 0.6) is 5.75 Å². The highest BCUT2D eigenvalue weighted by Gasteiger charge is 2.16. The summed E-state index contributed by atoms with van der Waals surface area (Å²) in [6.07, 6.45) is 9.30. The van der Waals surface area contributed by atoms with Crippen molar-refractivity contribution in [2.45, 2.75) is 77.6 Å². The Morgan fingerprint density at radius 1 is 0.893 bits per heavy atom. The number of nitro groups is 1. The van der Waals surface area contributed by atoms with Crippen LogP contribution < -0.4 is 4.74 Å². The number of benzene rings is 1. The Balaban J connectivity index is 2.07. The predicted molar refractivity (Wildman–Crippen MR) is 106 cm³/mol. The molecule has 0 heterocycles. The molecule has 7 heteroatoms. The zero-order chi connectivity index (χ0) is 20.6. The molecule has 0 atom stereocenters. The third-order valence-corrected chi connectivity index (χ3v) is 4.31. The first-order valence-corrected chi connectivity index (χ1v) is 10.1. The molecule has 0 fully saturated rings. The standard InChI is InChI=1S/C21H31NO6/c1-2-3-4-5-6-12-17-27-20(23)15-8-7-9-16-21(24)28-19-14-11-10-13-18(19)22(25)26/h10-11,13-14H,2-9,12,15-17H2,1H3. The minimum atomic E-state index is -0.584. The van der Waals surface area contributed by atoms with E-state index in [1.54, 1.807) is 6.07 Å². The fraction of sp³-hybridized carbons (Fsp3) is 0.619. The summed E-state index contributed by atoms with van der Waals surface area (Å²) in [5, 5.41) is 10.9. The van der Waals surface area contributed by atoms with Crippen LogP contribution in [0.25, 0.3) is 0 Å². The largest absolute Gasteiger partial charge is 0.466 e. The van der Waals surface area contributed by atoms with E-state index < -0.39 is 10.9 Å². The molecule has 1 aromatic carbocycles. The van der Waals surface area contributed by atoms with Gasteiger partial charge in [-0.15, -0.1) is 0 Å². The summed E-state index contributed by atoms with van der Waals surface area (Å²) in [5.41, 5.74) is -0.232. The van der Waals surface area contributed by atoms with E-state index in [1.807, 2.05) is 0 Å². The second-order valence-corrected chi connectivity index (χ2v) is 6.75. The lowest BCUT2D eigenvalue weighted by molar-refractivity contribution is -0.385. The van der Waals surface area contributed by atoms with E-state index >= 15 is 0 Å². The molecular weight excluding hydrogens is 362 g/mol. The Morgan fingerprint density at radius 3 is 2.21 bits per heavy atom. The first-order valence-electron chi connectivity index (χ1n) is 10.1. The summed E-state index contributed by atoms with van der Waals surface area (Å²) in [6.45, 7) is 2.66. The van der Waals surface area contributed by atoms with Gasteiger partial charge in [-0.2, -0.15) is 0 Å². The molecule has 0 saturated carbocycles. The van der Waals surface area contributed by atoms with Gasteiger partial charge in [0.05, 0.1) is 11.5 Å². The van der Waals surface area contributed by atoms with Crippen LogP contribution in [0.3, 0.4) is 0 Å². The zero-order valence-corrected chi connectivity index (χ0v) is 16.7. The minimum Gasteiger partial charge on any atom is -0.466 e. The summed E-state index contributed by atoms with van der Waals surface area (Å²) in [6, 6.07) is 5.78. The van der Waals surface area contributed by atoms with Gasteiger partial charge < -0.3 is 9.47 Å². The van der Waals surface area contributed by atoms with E-state index in [9.17, 15) is 19.7 Å². The SMILES string of the molecule is CCCCCCCCOC(=O)CCCCCC(=O)Oc1ccccc1[N+](=O)[O-]. The quantitative estimate of drug-likeness (QED) is 0.131. The highest BCUT2D eigenvalue weighted by Crippen LogP contribution is 2.26. The average molecular weight is 393 g/mol. The minimum absolute atomic E-state index is 0.0456. The van der Waals surface area contributed by atoms with Crippen LogP contribution >= 0.6 is 0 Å².